The van der Waals surface area contributed by atoms with Gasteiger partial charge in [-0.3, -0.25) is 33.9 Å². The maximum atomic E-state index is 12.5. The molecular weight excluding hydrogens is 1100 g/mol. The molecule has 7 rings (SSSR count). The van der Waals surface area contributed by atoms with Gasteiger partial charge >= 0.3 is 5.97 Å². The number of hydrogen-bond donors (Lipinski definition) is 3. The van der Waals surface area contributed by atoms with Crippen LogP contribution < -0.4 is 16.0 Å². The summed E-state index contributed by atoms with van der Waals surface area (Å²) in [5.41, 5.74) is 6.69. The van der Waals surface area contributed by atoms with E-state index < -0.39 is 57.4 Å². The Bertz CT molecular complexity index is 2590. The standard InChI is InChI=1S/C28H34N6O10S.2C11H8N.Ir/c1-18-10-13-29-20(15-18)21-16-19(11-14-30-21)32-23(35)5-4-6-24(36)33-22(17-45(41,42)43)28(40)31-12-3-2-7-27(39)44-34-25(37)8-9-26(34)38;2*1-2-6-10(7-3-1)11-8-4-5-9-12-11;/h10-11,13-16,22H,2-9,12,17H2,1H3,(H,31,40)(H,33,36)(H,30,32,35)(H,41,42,43);2*1-6,8-9H;/q;2*-1;/p-1. The molecule has 367 valence electrons. The van der Waals surface area contributed by atoms with Crippen LogP contribution in [-0.2, 0) is 63.8 Å². The quantitative estimate of drug-likeness (QED) is 0.0411. The number of hydroxylamine groups is 2. The summed E-state index contributed by atoms with van der Waals surface area (Å²) in [5.74, 6) is -5.27. The van der Waals surface area contributed by atoms with Gasteiger partial charge in [-0.05, 0) is 79.5 Å². The Hall–Kier alpha value is -7.38. The molecule has 1 aliphatic heterocycles. The first-order chi connectivity index (χ1) is 33.2. The average Bonchev–Trinajstić information content (AvgIpc) is 3.67. The van der Waals surface area contributed by atoms with Crippen LogP contribution in [0.3, 0.4) is 0 Å². The van der Waals surface area contributed by atoms with Crippen molar-refractivity contribution in [2.24, 2.45) is 0 Å². The largest absolute Gasteiger partial charge is 0.748 e. The fourth-order valence-corrected chi connectivity index (χ4v) is 6.94. The van der Waals surface area contributed by atoms with Gasteiger partial charge in [0.05, 0.1) is 27.3 Å². The number of imide groups is 1. The number of benzene rings is 2. The molecule has 5 heterocycles. The molecule has 1 saturated heterocycles. The van der Waals surface area contributed by atoms with Crippen molar-refractivity contribution >= 4 is 51.3 Å². The predicted molar refractivity (Wildman–Crippen MR) is 252 cm³/mol. The maximum absolute atomic E-state index is 12.5. The van der Waals surface area contributed by atoms with Gasteiger partial charge in [-0.1, -0.05) is 24.3 Å². The third-order valence-electron chi connectivity index (χ3n) is 9.66. The fraction of sp³-hybridized carbons (Fsp3) is 0.240. The van der Waals surface area contributed by atoms with Gasteiger partial charge in [0, 0.05) is 89.2 Å². The summed E-state index contributed by atoms with van der Waals surface area (Å²) in [6, 6.07) is 38.9. The van der Waals surface area contributed by atoms with Crippen molar-refractivity contribution < 1.29 is 66.7 Å². The number of rotatable bonds is 18. The van der Waals surface area contributed by atoms with Crippen LogP contribution >= 0.6 is 0 Å². The first-order valence-electron chi connectivity index (χ1n) is 21.8. The van der Waals surface area contributed by atoms with Crippen LogP contribution in [0.5, 0.6) is 0 Å². The zero-order chi connectivity index (χ0) is 49.4. The SMILES string of the molecule is Cc1ccnc(-c2cc(NC(=O)CCCC(=O)NC(CS(=O)(=O)[O-])C(=O)NCCCCC(=O)ON3C(=O)CCC3=O)ccn2)c1.[Ir].[c-]1ccccc1-c1ccccn1.[c-]1ccccc1-c1ccccn1. The van der Waals surface area contributed by atoms with Gasteiger partial charge in [-0.25, -0.2) is 13.2 Å². The molecule has 20 heteroatoms. The van der Waals surface area contributed by atoms with Crippen molar-refractivity contribution in [2.45, 2.75) is 64.3 Å². The third kappa shape index (κ3) is 19.7. The molecule has 0 saturated carbocycles. The Kier molecular flexibility index (Phi) is 22.7. The van der Waals surface area contributed by atoms with Crippen molar-refractivity contribution in [2.75, 3.05) is 17.6 Å². The number of aryl methyl sites for hydroxylation is 1. The molecule has 70 heavy (non-hydrogen) atoms. The Morgan fingerprint density at radius 1 is 0.686 bits per heavy atom. The maximum Gasteiger partial charge on any atom is 0.333 e. The first-order valence-corrected chi connectivity index (χ1v) is 23.3. The van der Waals surface area contributed by atoms with E-state index in [2.05, 4.69) is 48.0 Å². The number of pyridine rings is 4. The van der Waals surface area contributed by atoms with Crippen LogP contribution in [0.1, 0.15) is 56.9 Å². The van der Waals surface area contributed by atoms with Crippen LogP contribution in [-0.4, -0.2) is 91.8 Å². The number of nitrogens with zero attached hydrogens (tertiary/aromatic N) is 5. The molecule has 6 aromatic rings. The van der Waals surface area contributed by atoms with Crippen molar-refractivity contribution in [3.05, 3.63) is 152 Å². The number of carbonyl (C=O) groups excluding carboxylic acids is 6. The molecule has 18 nitrogen and oxygen atoms in total. The van der Waals surface area contributed by atoms with E-state index in [9.17, 15) is 41.7 Å². The Morgan fingerprint density at radius 2 is 1.24 bits per heavy atom. The van der Waals surface area contributed by atoms with Crippen molar-refractivity contribution in [1.29, 1.82) is 0 Å². The second-order valence-electron chi connectivity index (χ2n) is 15.2. The smallest absolute Gasteiger partial charge is 0.333 e. The van der Waals surface area contributed by atoms with E-state index in [1.165, 1.54) is 6.20 Å². The minimum atomic E-state index is -4.90. The van der Waals surface area contributed by atoms with Crippen LogP contribution in [0.25, 0.3) is 33.9 Å². The van der Waals surface area contributed by atoms with E-state index >= 15 is 0 Å². The predicted octanol–water partition coefficient (Wildman–Crippen LogP) is 5.58. The zero-order valence-corrected chi connectivity index (χ0v) is 41.1. The van der Waals surface area contributed by atoms with Gasteiger partial charge in [0.2, 0.25) is 17.7 Å². The molecule has 0 bridgehead atoms. The molecular formula is C50H49IrN8O10S-3. The van der Waals surface area contributed by atoms with E-state index in [1.54, 1.807) is 30.7 Å². The summed E-state index contributed by atoms with van der Waals surface area (Å²) < 4.78 is 34.0. The third-order valence-corrected chi connectivity index (χ3v) is 10.4. The summed E-state index contributed by atoms with van der Waals surface area (Å²) in [7, 11) is -4.90. The zero-order valence-electron chi connectivity index (χ0n) is 37.9. The van der Waals surface area contributed by atoms with Crippen LogP contribution in [0, 0.1) is 19.1 Å². The van der Waals surface area contributed by atoms with Gasteiger partial charge < -0.3 is 35.3 Å². The van der Waals surface area contributed by atoms with E-state index in [4.69, 9.17) is 4.84 Å². The van der Waals surface area contributed by atoms with Gasteiger partial charge in [-0.15, -0.1) is 76.9 Å². The number of aromatic nitrogens is 4. The monoisotopic (exact) mass is 1150 g/mol. The number of hydrogen-bond acceptors (Lipinski definition) is 14. The first kappa shape index (κ1) is 55.2. The normalized spacial score (nSPS) is 12.1. The molecule has 0 spiro atoms. The second kappa shape index (κ2) is 28.8. The van der Waals surface area contributed by atoms with Crippen LogP contribution in [0.2, 0.25) is 0 Å². The van der Waals surface area contributed by atoms with Gasteiger partial charge in [-0.2, -0.15) is 0 Å². The molecule has 1 aliphatic rings. The summed E-state index contributed by atoms with van der Waals surface area (Å²) in [4.78, 5) is 93.9. The van der Waals surface area contributed by atoms with Crippen LogP contribution in [0.15, 0.2) is 134 Å². The molecule has 1 fully saturated rings. The molecule has 1 radical (unpaired) electrons. The van der Waals surface area contributed by atoms with Gasteiger partial charge in [0.25, 0.3) is 11.8 Å². The molecule has 5 amide bonds. The topological polar surface area (TPSA) is 260 Å². The molecule has 2 aromatic carbocycles. The van der Waals surface area contributed by atoms with E-state index in [1.807, 2.05) is 104 Å². The van der Waals surface area contributed by atoms with Crippen LogP contribution in [0.4, 0.5) is 5.69 Å². The average molecular weight is 1150 g/mol. The molecule has 1 atom stereocenters. The minimum Gasteiger partial charge on any atom is -0.748 e. The molecule has 0 aliphatic carbocycles. The Labute approximate surface area is 419 Å². The van der Waals surface area contributed by atoms with E-state index in [0.29, 0.717) is 22.1 Å². The van der Waals surface area contributed by atoms with Crippen molar-refractivity contribution in [1.82, 2.24) is 35.6 Å². The fourth-order valence-electron chi connectivity index (χ4n) is 6.30. The number of carbonyl (C=O) groups is 6. The minimum absolute atomic E-state index is 0. The number of amides is 5. The van der Waals surface area contributed by atoms with E-state index in [0.717, 1.165) is 28.1 Å². The summed E-state index contributed by atoms with van der Waals surface area (Å²) in [6.07, 6.45) is 6.70. The molecule has 4 aromatic heterocycles. The summed E-state index contributed by atoms with van der Waals surface area (Å²) in [5, 5.41) is 7.74. The Balaban J connectivity index is 0.000000340. The van der Waals surface area contributed by atoms with Gasteiger partial charge in [0.15, 0.2) is 0 Å². The van der Waals surface area contributed by atoms with E-state index in [-0.39, 0.29) is 78.0 Å². The summed E-state index contributed by atoms with van der Waals surface area (Å²) >= 11 is 0. The van der Waals surface area contributed by atoms with Gasteiger partial charge in [0.1, 0.15) is 6.04 Å². The number of anilines is 1. The molecule has 1 unspecified atom stereocenters. The second-order valence-corrected chi connectivity index (χ2v) is 16.6. The van der Waals surface area contributed by atoms with Crippen molar-refractivity contribution in [3.8, 4) is 33.9 Å². The summed E-state index contributed by atoms with van der Waals surface area (Å²) in [6.45, 7) is 1.88. The molecule has 3 N–H and O–H groups in total. The number of nitrogens with one attached hydrogen (secondary N) is 3. The Morgan fingerprint density at radius 3 is 1.79 bits per heavy atom. The number of unbranched alkanes of at least 4 members (excludes halogenated alkanes) is 1. The van der Waals surface area contributed by atoms with Crippen molar-refractivity contribution in [3.63, 3.8) is 0 Å².